The van der Waals surface area contributed by atoms with Crippen LogP contribution in [0.25, 0.3) is 11.0 Å². The van der Waals surface area contributed by atoms with Gasteiger partial charge in [0.1, 0.15) is 0 Å². The van der Waals surface area contributed by atoms with E-state index in [1.54, 1.807) is 6.20 Å². The molecule has 1 aromatic carbocycles. The summed E-state index contributed by atoms with van der Waals surface area (Å²) in [6, 6.07) is 7.75. The van der Waals surface area contributed by atoms with Gasteiger partial charge in [0.2, 0.25) is 0 Å². The molecular weight excluding hydrogens is 150 g/mol. The Kier molecular flexibility index (Phi) is 1.72. The minimum Gasteiger partial charge on any atom is -0.325 e. The SMILES string of the molecule is NCc1cnc2ccccc2n1. The summed E-state index contributed by atoms with van der Waals surface area (Å²) in [4.78, 5) is 8.52. The van der Waals surface area contributed by atoms with Crippen molar-refractivity contribution in [2.45, 2.75) is 6.54 Å². The maximum absolute atomic E-state index is 5.44. The van der Waals surface area contributed by atoms with Crippen LogP contribution in [0.4, 0.5) is 0 Å². The van der Waals surface area contributed by atoms with Crippen molar-refractivity contribution < 1.29 is 0 Å². The summed E-state index contributed by atoms with van der Waals surface area (Å²) in [5, 5.41) is 0. The maximum atomic E-state index is 5.44. The van der Waals surface area contributed by atoms with Gasteiger partial charge in [0, 0.05) is 6.54 Å². The van der Waals surface area contributed by atoms with E-state index in [4.69, 9.17) is 5.73 Å². The van der Waals surface area contributed by atoms with Gasteiger partial charge in [-0.3, -0.25) is 4.98 Å². The number of hydrogen-bond donors (Lipinski definition) is 1. The highest BCUT2D eigenvalue weighted by Crippen LogP contribution is 2.07. The van der Waals surface area contributed by atoms with E-state index in [0.29, 0.717) is 6.54 Å². The second-order valence-electron chi connectivity index (χ2n) is 2.55. The van der Waals surface area contributed by atoms with Gasteiger partial charge in [0.25, 0.3) is 0 Å². The molecule has 0 saturated carbocycles. The fourth-order valence-electron chi connectivity index (χ4n) is 1.09. The van der Waals surface area contributed by atoms with E-state index in [-0.39, 0.29) is 0 Å². The first-order valence-electron chi connectivity index (χ1n) is 3.81. The standard InChI is InChI=1S/C9H9N3/c10-5-7-6-11-8-3-1-2-4-9(8)12-7/h1-4,6H,5,10H2. The molecule has 0 fully saturated rings. The summed E-state index contributed by atoms with van der Waals surface area (Å²) < 4.78 is 0. The van der Waals surface area contributed by atoms with Gasteiger partial charge in [0.15, 0.2) is 0 Å². The molecule has 60 valence electrons. The lowest BCUT2D eigenvalue weighted by atomic mass is 10.3. The zero-order valence-corrected chi connectivity index (χ0v) is 6.57. The van der Waals surface area contributed by atoms with Gasteiger partial charge in [-0.05, 0) is 12.1 Å². The molecule has 0 aliphatic rings. The van der Waals surface area contributed by atoms with Crippen molar-refractivity contribution in [2.75, 3.05) is 0 Å². The zero-order valence-electron chi connectivity index (χ0n) is 6.57. The van der Waals surface area contributed by atoms with Crippen LogP contribution in [0.1, 0.15) is 5.69 Å². The highest BCUT2D eigenvalue weighted by molar-refractivity contribution is 5.73. The molecule has 0 bridgehead atoms. The van der Waals surface area contributed by atoms with Gasteiger partial charge in [-0.25, -0.2) is 4.98 Å². The second kappa shape index (κ2) is 2.87. The first-order chi connectivity index (χ1) is 5.90. The van der Waals surface area contributed by atoms with E-state index in [1.165, 1.54) is 0 Å². The van der Waals surface area contributed by atoms with Gasteiger partial charge in [0.05, 0.1) is 22.9 Å². The Hall–Kier alpha value is -1.48. The van der Waals surface area contributed by atoms with Crippen molar-refractivity contribution in [1.29, 1.82) is 0 Å². The first-order valence-corrected chi connectivity index (χ1v) is 3.81. The number of para-hydroxylation sites is 2. The third-order valence-electron chi connectivity index (χ3n) is 1.71. The summed E-state index contributed by atoms with van der Waals surface area (Å²) in [6.45, 7) is 0.442. The van der Waals surface area contributed by atoms with Crippen LogP contribution in [0.5, 0.6) is 0 Å². The molecular formula is C9H9N3. The number of benzene rings is 1. The molecule has 0 atom stereocenters. The van der Waals surface area contributed by atoms with Crippen molar-refractivity contribution in [2.24, 2.45) is 5.73 Å². The summed E-state index contributed by atoms with van der Waals surface area (Å²) in [6.07, 6.45) is 1.71. The van der Waals surface area contributed by atoms with E-state index in [1.807, 2.05) is 24.3 Å². The molecule has 12 heavy (non-hydrogen) atoms. The Balaban J connectivity index is 2.67. The Labute approximate surface area is 70.3 Å². The van der Waals surface area contributed by atoms with Crippen LogP contribution in [-0.2, 0) is 6.54 Å². The molecule has 0 radical (unpaired) electrons. The number of nitrogens with two attached hydrogens (primary N) is 1. The largest absolute Gasteiger partial charge is 0.325 e. The summed E-state index contributed by atoms with van der Waals surface area (Å²) >= 11 is 0. The van der Waals surface area contributed by atoms with Crippen LogP contribution in [0.15, 0.2) is 30.5 Å². The van der Waals surface area contributed by atoms with E-state index in [9.17, 15) is 0 Å². The minimum atomic E-state index is 0.442. The Morgan fingerprint density at radius 2 is 1.92 bits per heavy atom. The normalized spacial score (nSPS) is 10.4. The molecule has 0 aliphatic carbocycles. The average molecular weight is 159 g/mol. The average Bonchev–Trinajstić information content (AvgIpc) is 2.17. The lowest BCUT2D eigenvalue weighted by molar-refractivity contribution is 0.987. The lowest BCUT2D eigenvalue weighted by Gasteiger charge is -1.97. The first kappa shape index (κ1) is 7.18. The van der Waals surface area contributed by atoms with Crippen LogP contribution in [0.2, 0.25) is 0 Å². The van der Waals surface area contributed by atoms with Crippen molar-refractivity contribution >= 4 is 11.0 Å². The quantitative estimate of drug-likeness (QED) is 0.677. The van der Waals surface area contributed by atoms with Crippen LogP contribution < -0.4 is 5.73 Å². The van der Waals surface area contributed by atoms with Crippen LogP contribution in [0.3, 0.4) is 0 Å². The van der Waals surface area contributed by atoms with Crippen LogP contribution in [-0.4, -0.2) is 9.97 Å². The number of nitrogens with zero attached hydrogens (tertiary/aromatic N) is 2. The molecule has 1 aromatic heterocycles. The van der Waals surface area contributed by atoms with Gasteiger partial charge in [-0.15, -0.1) is 0 Å². The van der Waals surface area contributed by atoms with E-state index < -0.39 is 0 Å². The molecule has 0 saturated heterocycles. The lowest BCUT2D eigenvalue weighted by Crippen LogP contribution is -2.00. The van der Waals surface area contributed by atoms with E-state index >= 15 is 0 Å². The van der Waals surface area contributed by atoms with Crippen LogP contribution >= 0.6 is 0 Å². The minimum absolute atomic E-state index is 0.442. The van der Waals surface area contributed by atoms with E-state index in [2.05, 4.69) is 9.97 Å². The Morgan fingerprint density at radius 3 is 2.67 bits per heavy atom. The van der Waals surface area contributed by atoms with Crippen molar-refractivity contribution in [3.8, 4) is 0 Å². The number of hydrogen-bond acceptors (Lipinski definition) is 3. The molecule has 3 heteroatoms. The smallest absolute Gasteiger partial charge is 0.0890 e. The second-order valence-corrected chi connectivity index (χ2v) is 2.55. The summed E-state index contributed by atoms with van der Waals surface area (Å²) in [5.74, 6) is 0. The molecule has 2 aromatic rings. The summed E-state index contributed by atoms with van der Waals surface area (Å²) in [5.41, 5.74) is 8.08. The van der Waals surface area contributed by atoms with Gasteiger partial charge in [-0.2, -0.15) is 0 Å². The predicted octanol–water partition coefficient (Wildman–Crippen LogP) is 1.09. The van der Waals surface area contributed by atoms with Crippen molar-refractivity contribution in [3.63, 3.8) is 0 Å². The fraction of sp³-hybridized carbons (Fsp3) is 0.111. The molecule has 0 spiro atoms. The molecule has 2 N–H and O–H groups in total. The molecule has 0 aliphatic heterocycles. The Morgan fingerprint density at radius 1 is 1.17 bits per heavy atom. The van der Waals surface area contributed by atoms with Crippen molar-refractivity contribution in [1.82, 2.24) is 9.97 Å². The number of fused-ring (bicyclic) bond motifs is 1. The number of rotatable bonds is 1. The highest BCUT2D eigenvalue weighted by atomic mass is 14.8. The molecule has 1 heterocycles. The third kappa shape index (κ3) is 1.14. The maximum Gasteiger partial charge on any atom is 0.0890 e. The third-order valence-corrected chi connectivity index (χ3v) is 1.71. The summed E-state index contributed by atoms with van der Waals surface area (Å²) in [7, 11) is 0. The van der Waals surface area contributed by atoms with Gasteiger partial charge >= 0.3 is 0 Å². The Bertz CT molecular complexity index is 398. The highest BCUT2D eigenvalue weighted by Gasteiger charge is 1.95. The number of aromatic nitrogens is 2. The molecule has 0 unspecified atom stereocenters. The van der Waals surface area contributed by atoms with E-state index in [0.717, 1.165) is 16.7 Å². The zero-order chi connectivity index (χ0) is 8.39. The molecule has 0 amide bonds. The topological polar surface area (TPSA) is 51.8 Å². The van der Waals surface area contributed by atoms with Gasteiger partial charge < -0.3 is 5.73 Å². The molecule has 3 nitrogen and oxygen atoms in total. The van der Waals surface area contributed by atoms with Crippen molar-refractivity contribution in [3.05, 3.63) is 36.2 Å². The fourth-order valence-corrected chi connectivity index (χ4v) is 1.09. The van der Waals surface area contributed by atoms with Crippen LogP contribution in [0, 0.1) is 0 Å². The van der Waals surface area contributed by atoms with Gasteiger partial charge in [-0.1, -0.05) is 12.1 Å². The predicted molar refractivity (Wildman–Crippen MR) is 47.4 cm³/mol. The monoisotopic (exact) mass is 159 g/mol. The molecule has 2 rings (SSSR count).